The van der Waals surface area contributed by atoms with E-state index in [0.29, 0.717) is 18.7 Å². The number of carbonyl (C=O) groups excluding carboxylic acids is 2. The smallest absolute Gasteiger partial charge is 0.252 e. The molecule has 31 heavy (non-hydrogen) atoms. The van der Waals surface area contributed by atoms with Gasteiger partial charge < -0.3 is 20.4 Å². The van der Waals surface area contributed by atoms with Crippen LogP contribution in [-0.2, 0) is 4.79 Å². The van der Waals surface area contributed by atoms with Gasteiger partial charge in [-0.25, -0.2) is 0 Å². The van der Waals surface area contributed by atoms with E-state index in [-0.39, 0.29) is 17.9 Å². The van der Waals surface area contributed by atoms with E-state index < -0.39 is 0 Å². The molecule has 1 aromatic rings. The van der Waals surface area contributed by atoms with Crippen LogP contribution in [0.25, 0.3) is 0 Å². The van der Waals surface area contributed by atoms with E-state index in [1.165, 1.54) is 0 Å². The van der Waals surface area contributed by atoms with E-state index >= 15 is 0 Å². The summed E-state index contributed by atoms with van der Waals surface area (Å²) in [7, 11) is 0. The lowest BCUT2D eigenvalue weighted by molar-refractivity contribution is -0.135. The van der Waals surface area contributed by atoms with Gasteiger partial charge in [0.2, 0.25) is 5.91 Å². The highest BCUT2D eigenvalue weighted by molar-refractivity contribution is 5.93. The van der Waals surface area contributed by atoms with Gasteiger partial charge in [-0.1, -0.05) is 0 Å². The summed E-state index contributed by atoms with van der Waals surface area (Å²) in [6.07, 6.45) is 5.44. The molecule has 2 aliphatic heterocycles. The molecule has 0 spiro atoms. The number of hydrogen-bond acceptors (Lipinski definition) is 5. The Labute approximate surface area is 184 Å². The molecule has 2 aliphatic rings. The molecular formula is C22H35N7O2. The van der Waals surface area contributed by atoms with E-state index in [4.69, 9.17) is 0 Å². The van der Waals surface area contributed by atoms with Crippen molar-refractivity contribution < 1.29 is 9.59 Å². The number of rotatable bonds is 7. The average Bonchev–Trinajstić information content (AvgIpc) is 3.36. The molecular weight excluding hydrogens is 394 g/mol. The summed E-state index contributed by atoms with van der Waals surface area (Å²) in [6.45, 7) is 10.9. The fourth-order valence-electron chi connectivity index (χ4n) is 4.04. The third kappa shape index (κ3) is 6.40. The maximum atomic E-state index is 12.7. The largest absolute Gasteiger partial charge is 0.357 e. The van der Waals surface area contributed by atoms with Gasteiger partial charge in [0.1, 0.15) is 0 Å². The van der Waals surface area contributed by atoms with E-state index in [9.17, 15) is 9.59 Å². The topological polar surface area (TPSA) is 93.2 Å². The summed E-state index contributed by atoms with van der Waals surface area (Å²) < 4.78 is 0. The lowest BCUT2D eigenvalue weighted by Crippen LogP contribution is -2.57. The second kappa shape index (κ2) is 11.6. The van der Waals surface area contributed by atoms with Crippen molar-refractivity contribution in [3.63, 3.8) is 0 Å². The summed E-state index contributed by atoms with van der Waals surface area (Å²) in [5.41, 5.74) is 0.548. The molecule has 0 aliphatic carbocycles. The van der Waals surface area contributed by atoms with Crippen LogP contribution in [-0.4, -0.2) is 102 Å². The van der Waals surface area contributed by atoms with Crippen LogP contribution >= 0.6 is 0 Å². The minimum atomic E-state index is -0.140. The molecule has 2 saturated heterocycles. The number of amides is 2. The third-order valence-corrected chi connectivity index (χ3v) is 5.85. The Kier molecular flexibility index (Phi) is 8.63. The van der Waals surface area contributed by atoms with Crippen molar-refractivity contribution >= 4 is 17.8 Å². The first-order chi connectivity index (χ1) is 15.1. The molecule has 1 unspecified atom stereocenters. The van der Waals surface area contributed by atoms with Gasteiger partial charge in [0.25, 0.3) is 5.91 Å². The van der Waals surface area contributed by atoms with E-state index in [2.05, 4.69) is 30.4 Å². The van der Waals surface area contributed by atoms with Crippen molar-refractivity contribution in [1.82, 2.24) is 30.3 Å². The summed E-state index contributed by atoms with van der Waals surface area (Å²) in [5, 5.41) is 6.22. The quantitative estimate of drug-likeness (QED) is 0.370. The first-order valence-corrected chi connectivity index (χ1v) is 11.3. The van der Waals surface area contributed by atoms with Crippen LogP contribution < -0.4 is 10.6 Å². The van der Waals surface area contributed by atoms with Crippen LogP contribution in [0.4, 0.5) is 0 Å². The van der Waals surface area contributed by atoms with E-state index in [1.54, 1.807) is 24.5 Å². The number of nitrogens with zero attached hydrogens (tertiary/aromatic N) is 5. The molecule has 0 bridgehead atoms. The molecule has 2 fully saturated rings. The van der Waals surface area contributed by atoms with Crippen LogP contribution in [0, 0.1) is 0 Å². The van der Waals surface area contributed by atoms with Crippen LogP contribution in [0.2, 0.25) is 0 Å². The molecule has 3 rings (SSSR count). The highest BCUT2D eigenvalue weighted by atomic mass is 16.2. The number of pyridine rings is 1. The Morgan fingerprint density at radius 1 is 1.10 bits per heavy atom. The lowest BCUT2D eigenvalue weighted by atomic mass is 10.2. The predicted molar refractivity (Wildman–Crippen MR) is 121 cm³/mol. The van der Waals surface area contributed by atoms with Crippen LogP contribution in [0.1, 0.15) is 37.0 Å². The van der Waals surface area contributed by atoms with Gasteiger partial charge in [-0.15, -0.1) is 0 Å². The van der Waals surface area contributed by atoms with Gasteiger partial charge in [-0.3, -0.25) is 24.5 Å². The number of aliphatic imine (C=N–C) groups is 1. The zero-order chi connectivity index (χ0) is 22.1. The maximum absolute atomic E-state index is 12.7. The SMILES string of the molecule is CCNC(=NCCNC(=O)c1cccnc1)N1CCN(C(C)C(=O)N2CCCC2)CC1. The van der Waals surface area contributed by atoms with Crippen molar-refractivity contribution in [3.8, 4) is 0 Å². The second-order valence-corrected chi connectivity index (χ2v) is 7.96. The highest BCUT2D eigenvalue weighted by Crippen LogP contribution is 2.14. The monoisotopic (exact) mass is 429 g/mol. The van der Waals surface area contributed by atoms with Gasteiger partial charge in [0.15, 0.2) is 5.96 Å². The fraction of sp³-hybridized carbons (Fsp3) is 0.636. The molecule has 3 heterocycles. The molecule has 0 aromatic carbocycles. The first-order valence-electron chi connectivity index (χ1n) is 11.3. The molecule has 1 aromatic heterocycles. The molecule has 0 saturated carbocycles. The van der Waals surface area contributed by atoms with Crippen LogP contribution in [0.3, 0.4) is 0 Å². The fourth-order valence-corrected chi connectivity index (χ4v) is 4.04. The Hall–Kier alpha value is -2.68. The van der Waals surface area contributed by atoms with Gasteiger partial charge in [-0.2, -0.15) is 0 Å². The number of aromatic nitrogens is 1. The highest BCUT2D eigenvalue weighted by Gasteiger charge is 2.30. The molecule has 170 valence electrons. The Balaban J connectivity index is 1.45. The van der Waals surface area contributed by atoms with Crippen molar-refractivity contribution in [3.05, 3.63) is 30.1 Å². The molecule has 9 nitrogen and oxygen atoms in total. The van der Waals surface area contributed by atoms with Crippen LogP contribution in [0.5, 0.6) is 0 Å². The Bertz CT molecular complexity index is 741. The lowest BCUT2D eigenvalue weighted by Gasteiger charge is -2.39. The molecule has 1 atom stereocenters. The number of likely N-dealkylation sites (tertiary alicyclic amines) is 1. The minimum Gasteiger partial charge on any atom is -0.357 e. The zero-order valence-electron chi connectivity index (χ0n) is 18.7. The average molecular weight is 430 g/mol. The van der Waals surface area contributed by atoms with Crippen molar-refractivity contribution in [2.45, 2.75) is 32.7 Å². The van der Waals surface area contributed by atoms with Crippen molar-refractivity contribution in [2.75, 3.05) is 58.9 Å². The third-order valence-electron chi connectivity index (χ3n) is 5.85. The summed E-state index contributed by atoms with van der Waals surface area (Å²) in [5.74, 6) is 0.978. The van der Waals surface area contributed by atoms with Crippen molar-refractivity contribution in [2.24, 2.45) is 4.99 Å². The number of carbonyl (C=O) groups is 2. The number of guanidine groups is 1. The summed E-state index contributed by atoms with van der Waals surface area (Å²) in [4.78, 5) is 39.9. The van der Waals surface area contributed by atoms with Gasteiger partial charge in [-0.05, 0) is 38.8 Å². The molecule has 9 heteroatoms. The van der Waals surface area contributed by atoms with E-state index in [1.807, 2.05) is 18.7 Å². The zero-order valence-corrected chi connectivity index (χ0v) is 18.7. The number of nitrogens with one attached hydrogen (secondary N) is 2. The maximum Gasteiger partial charge on any atom is 0.252 e. The number of piperazine rings is 1. The Morgan fingerprint density at radius 2 is 1.84 bits per heavy atom. The summed E-state index contributed by atoms with van der Waals surface area (Å²) in [6, 6.07) is 3.42. The number of hydrogen-bond donors (Lipinski definition) is 2. The molecule has 2 N–H and O–H groups in total. The van der Waals surface area contributed by atoms with Crippen LogP contribution in [0.15, 0.2) is 29.5 Å². The predicted octanol–water partition coefficient (Wildman–Crippen LogP) is 0.405. The standard InChI is InChI=1S/C22H35N7O2/c1-3-24-22(26-10-9-25-20(30)19-7-6-8-23-17-19)29-15-13-27(14-16-29)18(2)21(31)28-11-4-5-12-28/h6-8,17-18H,3-5,9-16H2,1-2H3,(H,24,26)(H,25,30). The molecule has 2 amide bonds. The normalized spacial score (nSPS) is 18.7. The Morgan fingerprint density at radius 3 is 2.48 bits per heavy atom. The van der Waals surface area contributed by atoms with Crippen molar-refractivity contribution in [1.29, 1.82) is 0 Å². The van der Waals surface area contributed by atoms with E-state index in [0.717, 1.165) is 64.6 Å². The minimum absolute atomic E-state index is 0.0672. The van der Waals surface area contributed by atoms with Gasteiger partial charge >= 0.3 is 0 Å². The van der Waals surface area contributed by atoms with Gasteiger partial charge in [0.05, 0.1) is 18.2 Å². The second-order valence-electron chi connectivity index (χ2n) is 7.96. The molecule has 0 radical (unpaired) electrons. The van der Waals surface area contributed by atoms with Gasteiger partial charge in [0, 0.05) is 64.8 Å². The first kappa shape index (κ1) is 23.0. The summed E-state index contributed by atoms with van der Waals surface area (Å²) >= 11 is 0.